The molecule has 0 amide bonds. The summed E-state index contributed by atoms with van der Waals surface area (Å²) in [6, 6.07) is 6.45. The van der Waals surface area contributed by atoms with Crippen LogP contribution >= 0.6 is 0 Å². The summed E-state index contributed by atoms with van der Waals surface area (Å²) in [4.78, 5) is 15.4. The largest absolute Gasteiger partial charge is 0.384 e. The topological polar surface area (TPSA) is 51.1 Å². The highest BCUT2D eigenvalue weighted by atomic mass is 16.5. The van der Waals surface area contributed by atoms with E-state index in [9.17, 15) is 0 Å². The smallest absolute Gasteiger partial charge is 0.130 e. The van der Waals surface area contributed by atoms with Gasteiger partial charge in [-0.15, -0.1) is 0 Å². The summed E-state index contributed by atoms with van der Waals surface area (Å²) in [5.41, 5.74) is 2.24. The minimum Gasteiger partial charge on any atom is -0.384 e. The van der Waals surface area contributed by atoms with Crippen LogP contribution in [0.25, 0.3) is 0 Å². The number of rotatable bonds is 8. The maximum Gasteiger partial charge on any atom is 0.130 e. The van der Waals surface area contributed by atoms with Crippen molar-refractivity contribution in [3.63, 3.8) is 0 Å². The molecular weight excluding hydrogens is 276 g/mol. The molecule has 118 valence electrons. The van der Waals surface area contributed by atoms with E-state index in [1.54, 1.807) is 7.11 Å². The first-order valence-electron chi connectivity index (χ1n) is 7.58. The molecule has 22 heavy (non-hydrogen) atoms. The van der Waals surface area contributed by atoms with Gasteiger partial charge in [0.15, 0.2) is 0 Å². The highest BCUT2D eigenvalue weighted by molar-refractivity contribution is 5.07. The molecule has 0 aromatic carbocycles. The molecule has 0 aliphatic heterocycles. The molecule has 1 atom stereocenters. The van der Waals surface area contributed by atoms with E-state index in [2.05, 4.69) is 39.9 Å². The summed E-state index contributed by atoms with van der Waals surface area (Å²) in [5, 5.41) is 0. The van der Waals surface area contributed by atoms with E-state index in [0.29, 0.717) is 12.6 Å². The number of nitrogens with zero attached hydrogens (tertiary/aromatic N) is 4. The second-order valence-electron chi connectivity index (χ2n) is 5.54. The predicted octanol–water partition coefficient (Wildman–Crippen LogP) is 2.12. The van der Waals surface area contributed by atoms with E-state index < -0.39 is 0 Å². The third kappa shape index (κ3) is 5.16. The molecule has 5 heteroatoms. The highest BCUT2D eigenvalue weighted by Crippen LogP contribution is 2.09. The van der Waals surface area contributed by atoms with Gasteiger partial charge < -0.3 is 4.74 Å². The van der Waals surface area contributed by atoms with Gasteiger partial charge in [-0.2, -0.15) is 0 Å². The zero-order valence-electron chi connectivity index (χ0n) is 13.6. The first kappa shape index (κ1) is 16.5. The summed E-state index contributed by atoms with van der Waals surface area (Å²) in [6.45, 7) is 3.70. The Hall–Kier alpha value is -1.85. The fourth-order valence-electron chi connectivity index (χ4n) is 2.21. The maximum absolute atomic E-state index is 5.03. The SMILES string of the molecule is COCCc1ncc(CN(C)[C@@H](C)Cc2ccccn2)cn1. The lowest BCUT2D eigenvalue weighted by atomic mass is 10.1. The number of hydrogen-bond acceptors (Lipinski definition) is 5. The number of hydrogen-bond donors (Lipinski definition) is 0. The first-order valence-corrected chi connectivity index (χ1v) is 7.58. The van der Waals surface area contributed by atoms with Crippen LogP contribution < -0.4 is 0 Å². The standard InChI is InChI=1S/C17H24N4O/c1-14(10-16-6-4-5-8-18-16)21(2)13-15-11-19-17(20-12-15)7-9-22-3/h4-6,8,11-12,14H,7,9-10,13H2,1-3H3/t14-/m0/s1. The molecule has 2 heterocycles. The summed E-state index contributed by atoms with van der Waals surface area (Å²) in [6.07, 6.45) is 7.34. The van der Waals surface area contributed by atoms with E-state index >= 15 is 0 Å². The van der Waals surface area contributed by atoms with Crippen molar-refractivity contribution in [1.82, 2.24) is 19.9 Å². The van der Waals surface area contributed by atoms with Crippen molar-refractivity contribution in [2.45, 2.75) is 32.4 Å². The minimum absolute atomic E-state index is 0.406. The van der Waals surface area contributed by atoms with Crippen molar-refractivity contribution < 1.29 is 4.74 Å². The predicted molar refractivity (Wildman–Crippen MR) is 86.5 cm³/mol. The van der Waals surface area contributed by atoms with E-state index in [4.69, 9.17) is 4.74 Å². The van der Waals surface area contributed by atoms with Gasteiger partial charge in [0.05, 0.1) is 6.61 Å². The number of pyridine rings is 1. The van der Waals surface area contributed by atoms with Gasteiger partial charge in [0.25, 0.3) is 0 Å². The Labute approximate surface area is 132 Å². The quantitative estimate of drug-likeness (QED) is 0.747. The maximum atomic E-state index is 5.03. The fourth-order valence-corrected chi connectivity index (χ4v) is 2.21. The second kappa shape index (κ2) is 8.56. The Balaban J connectivity index is 1.86. The van der Waals surface area contributed by atoms with Crippen molar-refractivity contribution in [2.24, 2.45) is 0 Å². The molecule has 2 rings (SSSR count). The first-order chi connectivity index (χ1) is 10.7. The van der Waals surface area contributed by atoms with Crippen molar-refractivity contribution in [3.8, 4) is 0 Å². The van der Waals surface area contributed by atoms with Gasteiger partial charge >= 0.3 is 0 Å². The molecular formula is C17H24N4O. The molecule has 0 aliphatic rings. The van der Waals surface area contributed by atoms with Crippen molar-refractivity contribution in [2.75, 3.05) is 20.8 Å². The minimum atomic E-state index is 0.406. The van der Waals surface area contributed by atoms with Crippen LogP contribution in [0.2, 0.25) is 0 Å². The van der Waals surface area contributed by atoms with E-state index in [0.717, 1.165) is 36.5 Å². The van der Waals surface area contributed by atoms with E-state index in [-0.39, 0.29) is 0 Å². The molecule has 2 aromatic rings. The van der Waals surface area contributed by atoms with Crippen LogP contribution in [-0.2, 0) is 24.1 Å². The van der Waals surface area contributed by atoms with Gasteiger partial charge in [-0.05, 0) is 26.1 Å². The van der Waals surface area contributed by atoms with Gasteiger partial charge in [0.1, 0.15) is 5.82 Å². The summed E-state index contributed by atoms with van der Waals surface area (Å²) >= 11 is 0. The third-order valence-corrected chi connectivity index (χ3v) is 3.70. The molecule has 0 fully saturated rings. The molecule has 0 aliphatic carbocycles. The molecule has 0 radical (unpaired) electrons. The van der Waals surface area contributed by atoms with Gasteiger partial charge in [0.2, 0.25) is 0 Å². The van der Waals surface area contributed by atoms with Crippen LogP contribution in [0, 0.1) is 0 Å². The fraction of sp³-hybridized carbons (Fsp3) is 0.471. The average Bonchev–Trinajstić information content (AvgIpc) is 2.55. The van der Waals surface area contributed by atoms with Gasteiger partial charge in [-0.3, -0.25) is 9.88 Å². The van der Waals surface area contributed by atoms with Crippen molar-refractivity contribution >= 4 is 0 Å². The van der Waals surface area contributed by atoms with Crippen molar-refractivity contribution in [1.29, 1.82) is 0 Å². The second-order valence-corrected chi connectivity index (χ2v) is 5.54. The summed E-state index contributed by atoms with van der Waals surface area (Å²) in [5.74, 6) is 0.829. The van der Waals surface area contributed by atoms with Gasteiger partial charge in [-0.1, -0.05) is 6.07 Å². The normalized spacial score (nSPS) is 12.5. The summed E-state index contributed by atoms with van der Waals surface area (Å²) < 4.78 is 5.03. The molecule has 0 unspecified atom stereocenters. The van der Waals surface area contributed by atoms with Crippen LogP contribution in [0.15, 0.2) is 36.8 Å². The number of likely N-dealkylation sites (N-methyl/N-ethyl adjacent to an activating group) is 1. The Kier molecular flexibility index (Phi) is 6.43. The Morgan fingerprint density at radius 2 is 1.95 bits per heavy atom. The van der Waals surface area contributed by atoms with Crippen LogP contribution in [0.4, 0.5) is 0 Å². The zero-order valence-corrected chi connectivity index (χ0v) is 13.6. The highest BCUT2D eigenvalue weighted by Gasteiger charge is 2.11. The van der Waals surface area contributed by atoms with E-state index in [1.807, 2.05) is 30.7 Å². The molecule has 0 N–H and O–H groups in total. The number of methoxy groups -OCH3 is 1. The lowest BCUT2D eigenvalue weighted by Gasteiger charge is -2.24. The van der Waals surface area contributed by atoms with E-state index in [1.165, 1.54) is 0 Å². The number of ether oxygens (including phenoxy) is 1. The monoisotopic (exact) mass is 300 g/mol. The molecule has 0 saturated carbocycles. The molecule has 0 bridgehead atoms. The average molecular weight is 300 g/mol. The molecule has 5 nitrogen and oxygen atoms in total. The van der Waals surface area contributed by atoms with Crippen LogP contribution in [0.5, 0.6) is 0 Å². The zero-order chi connectivity index (χ0) is 15.8. The van der Waals surface area contributed by atoms with Crippen molar-refractivity contribution in [3.05, 3.63) is 53.9 Å². The Morgan fingerprint density at radius 1 is 1.18 bits per heavy atom. The Morgan fingerprint density at radius 3 is 2.59 bits per heavy atom. The summed E-state index contributed by atoms with van der Waals surface area (Å²) in [7, 11) is 3.80. The Bertz CT molecular complexity index is 544. The number of aromatic nitrogens is 3. The third-order valence-electron chi connectivity index (χ3n) is 3.70. The lowest BCUT2D eigenvalue weighted by Crippen LogP contribution is -2.30. The van der Waals surface area contributed by atoms with Crippen LogP contribution in [0.3, 0.4) is 0 Å². The molecule has 0 saturated heterocycles. The molecule has 0 spiro atoms. The molecule has 2 aromatic heterocycles. The lowest BCUT2D eigenvalue weighted by molar-refractivity contribution is 0.200. The van der Waals surface area contributed by atoms with Crippen LogP contribution in [-0.4, -0.2) is 46.7 Å². The van der Waals surface area contributed by atoms with Crippen LogP contribution in [0.1, 0.15) is 24.0 Å². The van der Waals surface area contributed by atoms with Gasteiger partial charge in [0, 0.05) is 62.4 Å². The van der Waals surface area contributed by atoms with Gasteiger partial charge in [-0.25, -0.2) is 9.97 Å².